The van der Waals surface area contributed by atoms with Gasteiger partial charge in [0.25, 0.3) is 0 Å². The molecule has 0 radical (unpaired) electrons. The third kappa shape index (κ3) is 2.59. The van der Waals surface area contributed by atoms with Gasteiger partial charge in [0.05, 0.1) is 6.54 Å². The van der Waals surface area contributed by atoms with Crippen molar-refractivity contribution < 1.29 is 4.79 Å². The fourth-order valence-corrected chi connectivity index (χ4v) is 1.03. The quantitative estimate of drug-likeness (QED) is 0.649. The Morgan fingerprint density at radius 2 is 2.53 bits per heavy atom. The van der Waals surface area contributed by atoms with Gasteiger partial charge in [-0.15, -0.1) is 10.2 Å². The third-order valence-electron chi connectivity index (χ3n) is 1.70. The van der Waals surface area contributed by atoms with E-state index in [1.807, 2.05) is 0 Å². The van der Waals surface area contributed by atoms with Crippen LogP contribution in [0.15, 0.2) is 18.5 Å². The summed E-state index contributed by atoms with van der Waals surface area (Å²) in [6.07, 6.45) is 3.33. The molecule has 0 aromatic carbocycles. The maximum atomic E-state index is 11.3. The molecule has 2 N–H and O–H groups in total. The number of carbonyl (C=O) groups excluding carboxylic acids is 1. The van der Waals surface area contributed by atoms with E-state index in [1.54, 1.807) is 18.5 Å². The normalized spacial score (nSPS) is 10.1. The molecule has 0 atom stereocenters. The molecule has 0 aliphatic carbocycles. The van der Waals surface area contributed by atoms with E-state index in [9.17, 15) is 4.79 Å². The van der Waals surface area contributed by atoms with Crippen molar-refractivity contribution in [2.75, 3.05) is 0 Å². The van der Waals surface area contributed by atoms with Crippen LogP contribution in [0.25, 0.3) is 0 Å². The maximum absolute atomic E-state index is 11.3. The molecule has 0 saturated carbocycles. The average Bonchev–Trinajstić information content (AvgIpc) is 2.86. The SMILES string of the molecule is O=C(Cn1cccn1)NCc1nn[nH]n1. The lowest BCUT2D eigenvalue weighted by atomic mass is 10.5. The van der Waals surface area contributed by atoms with Crippen LogP contribution in [0.5, 0.6) is 0 Å². The Morgan fingerprint density at radius 1 is 1.60 bits per heavy atom. The summed E-state index contributed by atoms with van der Waals surface area (Å²) in [5, 5.41) is 19.6. The van der Waals surface area contributed by atoms with E-state index in [0.717, 1.165) is 0 Å². The molecular weight excluding hydrogens is 198 g/mol. The molecule has 2 aromatic heterocycles. The van der Waals surface area contributed by atoms with Crippen LogP contribution in [0.3, 0.4) is 0 Å². The zero-order valence-electron chi connectivity index (χ0n) is 7.79. The van der Waals surface area contributed by atoms with Crippen LogP contribution in [0.1, 0.15) is 5.82 Å². The molecule has 2 aromatic rings. The largest absolute Gasteiger partial charge is 0.347 e. The number of nitrogens with one attached hydrogen (secondary N) is 2. The van der Waals surface area contributed by atoms with Gasteiger partial charge in [0.15, 0.2) is 5.82 Å². The van der Waals surface area contributed by atoms with Crippen molar-refractivity contribution in [1.29, 1.82) is 0 Å². The molecule has 2 rings (SSSR count). The molecule has 8 heteroatoms. The Hall–Kier alpha value is -2.25. The summed E-state index contributed by atoms with van der Waals surface area (Å²) in [4.78, 5) is 11.3. The monoisotopic (exact) mass is 207 g/mol. The number of hydrogen-bond acceptors (Lipinski definition) is 5. The highest BCUT2D eigenvalue weighted by atomic mass is 16.2. The number of rotatable bonds is 4. The molecule has 2 heterocycles. The van der Waals surface area contributed by atoms with Gasteiger partial charge in [0, 0.05) is 12.4 Å². The molecule has 0 bridgehead atoms. The maximum Gasteiger partial charge on any atom is 0.242 e. The van der Waals surface area contributed by atoms with Crippen molar-refractivity contribution in [1.82, 2.24) is 35.7 Å². The predicted molar refractivity (Wildman–Crippen MR) is 48.3 cm³/mol. The van der Waals surface area contributed by atoms with Crippen molar-refractivity contribution in [2.45, 2.75) is 13.1 Å². The first-order valence-corrected chi connectivity index (χ1v) is 4.31. The van der Waals surface area contributed by atoms with Crippen LogP contribution in [-0.4, -0.2) is 36.3 Å². The summed E-state index contributed by atoms with van der Waals surface area (Å²) in [5.41, 5.74) is 0. The molecule has 78 valence electrons. The second-order valence-corrected chi connectivity index (χ2v) is 2.81. The van der Waals surface area contributed by atoms with Gasteiger partial charge in [-0.3, -0.25) is 9.48 Å². The van der Waals surface area contributed by atoms with Crippen LogP contribution in [-0.2, 0) is 17.9 Å². The minimum Gasteiger partial charge on any atom is -0.347 e. The number of aromatic amines is 1. The summed E-state index contributed by atoms with van der Waals surface area (Å²) >= 11 is 0. The van der Waals surface area contributed by atoms with Gasteiger partial charge in [-0.05, 0) is 6.07 Å². The highest BCUT2D eigenvalue weighted by molar-refractivity contribution is 5.75. The Balaban J connectivity index is 1.78. The first-order chi connectivity index (χ1) is 7.34. The van der Waals surface area contributed by atoms with Gasteiger partial charge in [-0.2, -0.15) is 10.3 Å². The van der Waals surface area contributed by atoms with Gasteiger partial charge in [0.1, 0.15) is 6.54 Å². The zero-order valence-corrected chi connectivity index (χ0v) is 7.79. The van der Waals surface area contributed by atoms with E-state index >= 15 is 0 Å². The summed E-state index contributed by atoms with van der Waals surface area (Å²) < 4.78 is 1.53. The molecule has 1 amide bonds. The lowest BCUT2D eigenvalue weighted by Crippen LogP contribution is -2.27. The number of hydrogen-bond donors (Lipinski definition) is 2. The minimum atomic E-state index is -0.150. The highest BCUT2D eigenvalue weighted by Crippen LogP contribution is 1.86. The van der Waals surface area contributed by atoms with E-state index in [0.29, 0.717) is 5.82 Å². The standard InChI is InChI=1S/C7H9N7O/c15-7(5-14-3-1-2-9-14)8-4-6-10-12-13-11-6/h1-3H,4-5H2,(H,8,15)(H,10,11,12,13). The summed E-state index contributed by atoms with van der Waals surface area (Å²) in [6.45, 7) is 0.446. The minimum absolute atomic E-state index is 0.150. The molecule has 0 aliphatic heterocycles. The van der Waals surface area contributed by atoms with Crippen molar-refractivity contribution in [2.24, 2.45) is 0 Å². The van der Waals surface area contributed by atoms with Crippen LogP contribution >= 0.6 is 0 Å². The Kier molecular flexibility index (Phi) is 2.68. The molecular formula is C7H9N7O. The lowest BCUT2D eigenvalue weighted by Gasteiger charge is -2.01. The molecule has 0 fully saturated rings. The molecule has 0 aliphatic rings. The summed E-state index contributed by atoms with van der Waals surface area (Å²) in [7, 11) is 0. The van der Waals surface area contributed by atoms with Gasteiger partial charge < -0.3 is 5.32 Å². The average molecular weight is 207 g/mol. The number of carbonyl (C=O) groups is 1. The van der Waals surface area contributed by atoms with Crippen molar-refractivity contribution in [3.05, 3.63) is 24.3 Å². The van der Waals surface area contributed by atoms with Crippen LogP contribution < -0.4 is 5.32 Å². The summed E-state index contributed by atoms with van der Waals surface area (Å²) in [6, 6.07) is 1.76. The molecule has 0 unspecified atom stereocenters. The number of nitrogens with zero attached hydrogens (tertiary/aromatic N) is 5. The fraction of sp³-hybridized carbons (Fsp3) is 0.286. The lowest BCUT2D eigenvalue weighted by molar-refractivity contribution is -0.122. The predicted octanol–water partition coefficient (Wildman–Crippen LogP) is -1.29. The third-order valence-corrected chi connectivity index (χ3v) is 1.70. The van der Waals surface area contributed by atoms with Crippen LogP contribution in [0.4, 0.5) is 0 Å². The number of aromatic nitrogens is 6. The molecule has 15 heavy (non-hydrogen) atoms. The molecule has 0 spiro atoms. The Labute approximate surface area is 84.7 Å². The number of amides is 1. The summed E-state index contributed by atoms with van der Waals surface area (Å²) in [5.74, 6) is 0.298. The smallest absolute Gasteiger partial charge is 0.242 e. The second kappa shape index (κ2) is 4.31. The second-order valence-electron chi connectivity index (χ2n) is 2.81. The topological polar surface area (TPSA) is 101 Å². The van der Waals surface area contributed by atoms with E-state index < -0.39 is 0 Å². The first kappa shape index (κ1) is 9.31. The van der Waals surface area contributed by atoms with Crippen LogP contribution in [0.2, 0.25) is 0 Å². The van der Waals surface area contributed by atoms with E-state index in [1.165, 1.54) is 4.68 Å². The number of H-pyrrole nitrogens is 1. The zero-order chi connectivity index (χ0) is 10.5. The van der Waals surface area contributed by atoms with Crippen LogP contribution in [0, 0.1) is 0 Å². The Bertz CT molecular complexity index is 406. The number of tetrazole rings is 1. The van der Waals surface area contributed by atoms with Gasteiger partial charge >= 0.3 is 0 Å². The molecule has 0 saturated heterocycles. The van der Waals surface area contributed by atoms with Gasteiger partial charge in [0.2, 0.25) is 5.91 Å². The fourth-order valence-electron chi connectivity index (χ4n) is 1.03. The van der Waals surface area contributed by atoms with E-state index in [2.05, 4.69) is 31.0 Å². The van der Waals surface area contributed by atoms with Crippen molar-refractivity contribution >= 4 is 5.91 Å². The van der Waals surface area contributed by atoms with E-state index in [4.69, 9.17) is 0 Å². The Morgan fingerprint density at radius 3 is 3.20 bits per heavy atom. The van der Waals surface area contributed by atoms with Crippen molar-refractivity contribution in [3.8, 4) is 0 Å². The van der Waals surface area contributed by atoms with Gasteiger partial charge in [-0.25, -0.2) is 0 Å². The molecule has 8 nitrogen and oxygen atoms in total. The van der Waals surface area contributed by atoms with Crippen molar-refractivity contribution in [3.63, 3.8) is 0 Å². The first-order valence-electron chi connectivity index (χ1n) is 4.31. The van der Waals surface area contributed by atoms with E-state index in [-0.39, 0.29) is 19.0 Å². The van der Waals surface area contributed by atoms with Gasteiger partial charge in [-0.1, -0.05) is 5.21 Å². The highest BCUT2D eigenvalue weighted by Gasteiger charge is 2.04.